The van der Waals surface area contributed by atoms with Crippen LogP contribution in [-0.2, 0) is 23.8 Å². The number of hydrogen-bond acceptors (Lipinski definition) is 8. The van der Waals surface area contributed by atoms with Crippen LogP contribution < -0.4 is 5.32 Å². The molecule has 38 heavy (non-hydrogen) atoms. The number of methoxy groups -OCH3 is 1. The van der Waals surface area contributed by atoms with Gasteiger partial charge in [0.25, 0.3) is 5.72 Å². The lowest BCUT2D eigenvalue weighted by atomic mass is 9.76. The van der Waals surface area contributed by atoms with E-state index in [4.69, 9.17) is 15.0 Å². The predicted octanol–water partition coefficient (Wildman–Crippen LogP) is 4.20. The van der Waals surface area contributed by atoms with Crippen molar-refractivity contribution < 1.29 is 41.8 Å². The minimum atomic E-state index is -5.16. The molecule has 0 aliphatic carbocycles. The molecule has 0 saturated carbocycles. The lowest BCUT2D eigenvalue weighted by molar-refractivity contribution is -0.285. The lowest BCUT2D eigenvalue weighted by Crippen LogP contribution is -2.72. The third-order valence-corrected chi connectivity index (χ3v) is 6.17. The van der Waals surface area contributed by atoms with E-state index in [2.05, 4.69) is 30.1 Å². The van der Waals surface area contributed by atoms with Gasteiger partial charge in [0, 0.05) is 16.7 Å². The number of ether oxygens (including phenoxy) is 3. The second kappa shape index (κ2) is 12.5. The highest BCUT2D eigenvalue weighted by atomic mass is 19.4. The van der Waals surface area contributed by atoms with E-state index in [-0.39, 0.29) is 12.0 Å². The first-order valence-electron chi connectivity index (χ1n) is 11.3. The number of benzene rings is 1. The number of carbonyl (C=O) groups excluding carboxylic acids is 3. The number of azide groups is 2. The smallest absolute Gasteiger partial charge is 0.396 e. The molecule has 1 heterocycles. The van der Waals surface area contributed by atoms with E-state index in [1.165, 1.54) is 31.2 Å². The molecule has 206 valence electrons. The Morgan fingerprint density at radius 1 is 1.21 bits per heavy atom. The Balaban J connectivity index is 2.85. The maximum absolute atomic E-state index is 14.7. The van der Waals surface area contributed by atoms with Crippen LogP contribution in [0.1, 0.15) is 37.6 Å². The minimum absolute atomic E-state index is 0.0276. The number of nitrogens with one attached hydrogen (secondary N) is 1. The summed E-state index contributed by atoms with van der Waals surface area (Å²) in [5, 5.41) is 8.59. The van der Waals surface area contributed by atoms with Crippen molar-refractivity contribution in [1.29, 1.82) is 0 Å². The van der Waals surface area contributed by atoms with Crippen molar-refractivity contribution in [2.45, 2.75) is 63.4 Å². The number of rotatable bonds is 9. The van der Waals surface area contributed by atoms with E-state index >= 15 is 0 Å². The number of esters is 2. The molecule has 1 aromatic carbocycles. The highest BCUT2D eigenvalue weighted by Crippen LogP contribution is 2.47. The number of halogens is 3. The summed E-state index contributed by atoms with van der Waals surface area (Å²) in [6, 6.07) is 3.01. The van der Waals surface area contributed by atoms with Crippen molar-refractivity contribution in [3.8, 4) is 0 Å². The topological polar surface area (TPSA) is 188 Å². The van der Waals surface area contributed by atoms with Crippen molar-refractivity contribution >= 4 is 17.8 Å². The highest BCUT2D eigenvalue weighted by Gasteiger charge is 2.67. The monoisotopic (exact) mass is 541 g/mol. The molecule has 16 heteroatoms. The van der Waals surface area contributed by atoms with Crippen molar-refractivity contribution in [3.05, 3.63) is 56.8 Å². The molecule has 1 saturated heterocycles. The molecular formula is C22H26F3N7O6. The normalized spacial score (nSPS) is 26.5. The van der Waals surface area contributed by atoms with Gasteiger partial charge in [0.15, 0.2) is 0 Å². The Morgan fingerprint density at radius 2 is 1.84 bits per heavy atom. The predicted molar refractivity (Wildman–Crippen MR) is 124 cm³/mol. The van der Waals surface area contributed by atoms with Gasteiger partial charge in [-0.2, -0.15) is 13.2 Å². The van der Waals surface area contributed by atoms with Crippen molar-refractivity contribution in [2.24, 2.45) is 22.1 Å². The van der Waals surface area contributed by atoms with Gasteiger partial charge in [0.2, 0.25) is 5.91 Å². The Bertz CT molecular complexity index is 1120. The van der Waals surface area contributed by atoms with E-state index in [1.54, 1.807) is 13.0 Å². The third kappa shape index (κ3) is 6.28. The summed E-state index contributed by atoms with van der Waals surface area (Å²) in [4.78, 5) is 42.8. The summed E-state index contributed by atoms with van der Waals surface area (Å²) >= 11 is 0. The number of amides is 1. The molecule has 1 fully saturated rings. The molecule has 1 N–H and O–H groups in total. The van der Waals surface area contributed by atoms with Crippen molar-refractivity contribution in [1.82, 2.24) is 5.32 Å². The molecule has 1 aromatic rings. The van der Waals surface area contributed by atoms with E-state index in [0.717, 1.165) is 14.0 Å². The first-order valence-corrected chi connectivity index (χ1v) is 11.3. The van der Waals surface area contributed by atoms with Crippen LogP contribution in [0.3, 0.4) is 0 Å². The van der Waals surface area contributed by atoms with Gasteiger partial charge in [-0.15, -0.1) is 0 Å². The molecule has 1 amide bonds. The Labute approximate surface area is 214 Å². The van der Waals surface area contributed by atoms with Gasteiger partial charge in [-0.05, 0) is 40.6 Å². The quantitative estimate of drug-likeness (QED) is 0.211. The zero-order valence-corrected chi connectivity index (χ0v) is 20.8. The molecule has 2 rings (SSSR count). The van der Waals surface area contributed by atoms with Gasteiger partial charge in [-0.25, -0.2) is 9.59 Å². The van der Waals surface area contributed by atoms with Crippen LogP contribution in [0.4, 0.5) is 13.2 Å². The molecule has 0 bridgehead atoms. The zero-order valence-electron chi connectivity index (χ0n) is 20.8. The standard InChI is InChI=1S/C22H26F3N7O6/c1-5-11(2)16(37-19(34)13-9-7-6-8-10-13)17-14(22(23,24)25)15(28-12(3)33)18(29-31-26)21(38-17,30-32-27)20(35)36-4/h6-11,14-18H,5H2,1-4H3,(H,28,33)/t11-,14-,15-,16-,17?,18?,21+/m1/s1. The summed E-state index contributed by atoms with van der Waals surface area (Å²) in [7, 11) is 0.841. The fourth-order valence-corrected chi connectivity index (χ4v) is 4.28. The molecule has 1 aliphatic heterocycles. The fourth-order valence-electron chi connectivity index (χ4n) is 4.28. The molecule has 13 nitrogen and oxygen atoms in total. The van der Waals surface area contributed by atoms with Crippen LogP contribution in [-0.4, -0.2) is 61.1 Å². The fraction of sp³-hybridized carbons (Fsp3) is 0.591. The second-order valence-electron chi connectivity index (χ2n) is 8.52. The zero-order chi connectivity index (χ0) is 28.7. The molecule has 0 spiro atoms. The van der Waals surface area contributed by atoms with Gasteiger partial charge < -0.3 is 19.5 Å². The first kappa shape index (κ1) is 30.2. The Kier molecular flexibility index (Phi) is 9.94. The Hall–Kier alpha value is -4.00. The third-order valence-electron chi connectivity index (χ3n) is 6.17. The van der Waals surface area contributed by atoms with Crippen LogP contribution in [0.15, 0.2) is 40.6 Å². The molecule has 0 aromatic heterocycles. The van der Waals surface area contributed by atoms with E-state index < -0.39 is 65.9 Å². The molecule has 0 radical (unpaired) electrons. The SMILES string of the molecule is CC[C@@H](C)[C@@H](OC(=O)c1ccccc1)C1O[C@](N=[N+]=[N-])(C(=O)OC)C(N=[N+]=[N-])[C@H](NC(C)=O)[C@H]1C(F)(F)F. The molecular weight excluding hydrogens is 515 g/mol. The van der Waals surface area contributed by atoms with Crippen LogP contribution in [0.2, 0.25) is 0 Å². The van der Waals surface area contributed by atoms with E-state index in [1.807, 2.05) is 0 Å². The minimum Gasteiger partial charge on any atom is -0.467 e. The summed E-state index contributed by atoms with van der Waals surface area (Å²) in [6.07, 6.45) is -8.87. The number of nitrogens with zero attached hydrogens (tertiary/aromatic N) is 6. The second-order valence-corrected chi connectivity index (χ2v) is 8.52. The van der Waals surface area contributed by atoms with Crippen LogP contribution >= 0.6 is 0 Å². The first-order chi connectivity index (χ1) is 17.9. The number of alkyl halides is 3. The van der Waals surface area contributed by atoms with Gasteiger partial charge in [-0.3, -0.25) is 4.79 Å². The van der Waals surface area contributed by atoms with Crippen molar-refractivity contribution in [2.75, 3.05) is 7.11 Å². The molecule has 7 atom stereocenters. The summed E-state index contributed by atoms with van der Waals surface area (Å²) in [6.45, 7) is 4.01. The van der Waals surface area contributed by atoms with Crippen LogP contribution in [0, 0.1) is 11.8 Å². The average Bonchev–Trinajstić information content (AvgIpc) is 2.87. The summed E-state index contributed by atoms with van der Waals surface area (Å²) < 4.78 is 59.8. The lowest BCUT2D eigenvalue weighted by Gasteiger charge is -2.51. The average molecular weight is 541 g/mol. The van der Waals surface area contributed by atoms with Gasteiger partial charge in [0.1, 0.15) is 24.2 Å². The van der Waals surface area contributed by atoms with Gasteiger partial charge in [-0.1, -0.05) is 37.2 Å². The molecule has 1 aliphatic rings. The maximum atomic E-state index is 14.7. The van der Waals surface area contributed by atoms with Crippen LogP contribution in [0.5, 0.6) is 0 Å². The van der Waals surface area contributed by atoms with E-state index in [0.29, 0.717) is 0 Å². The largest absolute Gasteiger partial charge is 0.467 e. The van der Waals surface area contributed by atoms with Crippen molar-refractivity contribution in [3.63, 3.8) is 0 Å². The van der Waals surface area contributed by atoms with E-state index in [9.17, 15) is 33.1 Å². The molecule has 2 unspecified atom stereocenters. The highest BCUT2D eigenvalue weighted by molar-refractivity contribution is 5.89. The summed E-state index contributed by atoms with van der Waals surface area (Å²) in [5.41, 5.74) is 15.4. The number of hydrogen-bond donors (Lipinski definition) is 1. The maximum Gasteiger partial charge on any atom is 0.396 e. The summed E-state index contributed by atoms with van der Waals surface area (Å²) in [5.74, 6) is -6.94. The van der Waals surface area contributed by atoms with Crippen LogP contribution in [0.25, 0.3) is 20.9 Å². The van der Waals surface area contributed by atoms with Gasteiger partial charge in [0.05, 0.1) is 18.7 Å². The Morgan fingerprint density at radius 3 is 2.32 bits per heavy atom. The number of carbonyl (C=O) groups is 3. The van der Waals surface area contributed by atoms with Gasteiger partial charge >= 0.3 is 18.1 Å².